The smallest absolute Gasteiger partial charge is 0.335 e. The van der Waals surface area contributed by atoms with E-state index >= 15 is 0 Å². The molecule has 2 unspecified atom stereocenters. The Hall–Kier alpha value is -11.3. The van der Waals surface area contributed by atoms with Gasteiger partial charge in [0.25, 0.3) is 0 Å². The molecule has 23 atom stereocenters. The van der Waals surface area contributed by atoms with Crippen LogP contribution in [-0.2, 0) is 27.2 Å². The van der Waals surface area contributed by atoms with Crippen LogP contribution in [0, 0.1) is 5.92 Å². The number of benzene rings is 2. The Morgan fingerprint density at radius 1 is 0.469 bits per heavy atom. The second-order valence-corrected chi connectivity index (χ2v) is 35.1. The van der Waals surface area contributed by atoms with Gasteiger partial charge in [0.15, 0.2) is 36.2 Å². The van der Waals surface area contributed by atoms with Gasteiger partial charge in [0.05, 0.1) is 18.8 Å². The molecule has 0 aromatic heterocycles. The maximum Gasteiger partial charge on any atom is 0.335 e. The van der Waals surface area contributed by atoms with Gasteiger partial charge >= 0.3 is 11.9 Å². The third-order valence-corrected chi connectivity index (χ3v) is 24.8. The van der Waals surface area contributed by atoms with Crippen molar-refractivity contribution in [2.24, 2.45) is 96.5 Å². The molecule has 45 nitrogen and oxygen atoms in total. The first-order chi connectivity index (χ1) is 60.6. The molecule has 0 spiro atoms. The number of carboxylic acid groups (broad SMARTS) is 2. The highest BCUT2D eigenvalue weighted by Gasteiger charge is 2.40. The van der Waals surface area contributed by atoms with Crippen molar-refractivity contribution in [3.05, 3.63) is 71.8 Å². The summed E-state index contributed by atoms with van der Waals surface area (Å²) in [6.45, 7) is 7.00. The van der Waals surface area contributed by atoms with E-state index in [0.29, 0.717) is 29.3 Å². The van der Waals surface area contributed by atoms with Crippen molar-refractivity contribution in [2.75, 3.05) is 56.6 Å². The molecule has 48 heteroatoms. The Morgan fingerprint density at radius 3 is 1.48 bits per heavy atom. The van der Waals surface area contributed by atoms with Crippen LogP contribution >= 0.6 is 35.3 Å². The van der Waals surface area contributed by atoms with E-state index in [-0.39, 0.29) is 63.8 Å². The lowest BCUT2D eigenvalue weighted by Crippen LogP contribution is -2.43. The number of carboxylic acids is 2. The molecule has 1 amide bonds. The predicted octanol–water partition coefficient (Wildman–Crippen LogP) is 4.75. The summed E-state index contributed by atoms with van der Waals surface area (Å²) in [5.74, 6) is -25.1. The summed E-state index contributed by atoms with van der Waals surface area (Å²) in [5.41, 5.74) is 7.44. The van der Waals surface area contributed by atoms with E-state index in [9.17, 15) is 127 Å². The van der Waals surface area contributed by atoms with E-state index in [1.54, 1.807) is 74.5 Å². The van der Waals surface area contributed by atoms with E-state index < -0.39 is 292 Å². The van der Waals surface area contributed by atoms with Crippen molar-refractivity contribution >= 4 is 153 Å². The lowest BCUT2D eigenvalue weighted by Gasteiger charge is -2.26. The minimum absolute atomic E-state index is 0.0398. The Bertz CT molecular complexity index is 4650. The van der Waals surface area contributed by atoms with Gasteiger partial charge in [0, 0.05) is 58.9 Å². The van der Waals surface area contributed by atoms with Crippen LogP contribution in [0.1, 0.15) is 105 Å². The average Bonchev–Trinajstić information content (AvgIpc) is 1.09. The van der Waals surface area contributed by atoms with Crippen LogP contribution in [0.5, 0.6) is 0 Å². The molecule has 1 saturated heterocycles. The number of aliphatic carboxylic acids is 2. The van der Waals surface area contributed by atoms with Crippen molar-refractivity contribution in [3.63, 3.8) is 0 Å². The van der Waals surface area contributed by atoms with Gasteiger partial charge in [-0.25, -0.2) is 94.5 Å². The molecule has 5 aliphatic rings. The molecular formula is C80H116N20O25S3. The fraction of sp³-hybridized carbons (Fsp3) is 0.600. The number of aliphatic hydroxyl groups is 20. The topological polar surface area (TPSA) is 748 Å². The van der Waals surface area contributed by atoms with Gasteiger partial charge in [0.1, 0.15) is 85.6 Å². The zero-order valence-electron chi connectivity index (χ0n) is 71.5. The Labute approximate surface area is 748 Å². The van der Waals surface area contributed by atoms with E-state index in [1.165, 1.54) is 39.5 Å². The highest BCUT2D eigenvalue weighted by atomic mass is 32.2. The standard InChI is InChI=1S/C80H116N20O25S3/c1-9-36(2)56-74(117)86-38(4)64(107)92-52-35-128-41(7)58-77(120)93-51-34-127-42(8)60(78(121)95-56)96-67(110)48(28-44-21-14-11-15-22-44)89-72(115)53-24-18-26-100(53)55(104)31-84-66(109)47(27-43-19-12-10-13-20-43)88-68(111)49(90-70(51)113)29-82-25-17-16-23-46(79(122)123)87-76(119)59(40(6)126-33-45(81)65(108)85-37(3)63(106)91-50(32-101)69(112)97-58)98-75(118)57(39(5)102)94-54(103)30-83-73(116)61(99-71(52)114)62(105)80(124)125/h10-15,19-22,36-42,45-53,56-62,82,101-102,105H,9,16-18,23-35,81H2,1-8H3,(H,83,116)(H,84,109)(H,85,108)(H,86,117)(H,87,119)(H,88,111)(H,89,115)(H,90,113)(H,91,106)(H,92,107)(H,93,120)(H,94,103)(H,95,121)(H,96,110)(H,97,112)(H,98,118)(H,99,114)(H,122,123)(H,124,125)/t36-,37-,38-,39-,40+,41+,42?,45-,46-,47-,48-,49-,50-,51-,52+,53-,56-,57-,58-,59?,60-,61-,62+/m0/s1. The second kappa shape index (κ2) is 49.9. The van der Waals surface area contributed by atoms with Crippen molar-refractivity contribution in [1.82, 2.24) is 10.2 Å². The average molecular weight is 1850 g/mol. The summed E-state index contributed by atoms with van der Waals surface area (Å²) in [4.78, 5) is 114. The van der Waals surface area contributed by atoms with E-state index in [0.717, 1.165) is 30.4 Å². The quantitative estimate of drug-likeness (QED) is 0.135. The molecule has 2 aromatic rings. The molecule has 25 N–H and O–H groups in total. The third-order valence-electron chi connectivity index (χ3n) is 20.9. The van der Waals surface area contributed by atoms with Crippen LogP contribution in [0.3, 0.4) is 0 Å². The number of carbonyl (C=O) groups excluding carboxylic acids is 1. The van der Waals surface area contributed by atoms with Crippen LogP contribution in [-0.4, -0.2) is 423 Å². The molecular weight excluding hydrogens is 1740 g/mol. The first-order valence-electron chi connectivity index (χ1n) is 41.2. The highest BCUT2D eigenvalue weighted by molar-refractivity contribution is 8.00. The number of carbonyl (C=O) groups is 3. The van der Waals surface area contributed by atoms with E-state index in [1.807, 2.05) is 0 Å². The summed E-state index contributed by atoms with van der Waals surface area (Å²) in [5, 5.41) is 260. The Morgan fingerprint density at radius 2 is 0.930 bits per heavy atom. The summed E-state index contributed by atoms with van der Waals surface area (Å²) in [7, 11) is 0. The number of aliphatic imine (C=N–C) groups is 17. The molecule has 0 aliphatic carbocycles. The van der Waals surface area contributed by atoms with Gasteiger partial charge in [-0.15, -0.1) is 0 Å². The number of nitrogens with one attached hydrogen (secondary N) is 1. The Balaban J connectivity index is 1.68. The van der Waals surface area contributed by atoms with Crippen LogP contribution in [0.15, 0.2) is 146 Å². The predicted molar refractivity (Wildman–Crippen MR) is 494 cm³/mol. The van der Waals surface area contributed by atoms with Crippen molar-refractivity contribution in [3.8, 4) is 0 Å². The SMILES string of the molecule is CC[C@H](C)[C@@H]1N=C(O)[C@H]2N=C(O)[C@H](Cc3ccccc3)N=C(O)[C@@H]3CCCN3C(=O)CN=C(O)[C@H](Cc3ccccc3)N=C(O)[C@@H]3CNCCCC[C@@H](C(=O)O)N=C(O)C4N=C(O)[C@H]([C@H](C)O)N=C(O)CN=C(O)[C@H]([C@@H](O)C(=O)O)N=C(O)[C@@H](CS[C@H](C)[C@H](N=C(O)[C@H](CO)N=C(O)[C@H](C)N=C(O)[C@@H](N)CS[C@@H]4C)C(O)=N[C@@H](CSC2C)C(O)=N3)N=C(O)[C@H](C)N=C1O. The summed E-state index contributed by atoms with van der Waals surface area (Å²) in [6, 6.07) is -14.1. The second-order valence-electron chi connectivity index (χ2n) is 30.8. The maximum atomic E-state index is 14.5. The number of thioether (sulfide) groups is 3. The minimum atomic E-state index is -2.87. The number of hydrogen-bond donors (Lipinski definition) is 24. The molecule has 0 saturated carbocycles. The van der Waals surface area contributed by atoms with Gasteiger partial charge in [-0.2, -0.15) is 35.3 Å². The Kier molecular flexibility index (Phi) is 40.4. The summed E-state index contributed by atoms with van der Waals surface area (Å²) >= 11 is 2.16. The molecule has 0 radical (unpaired) electrons. The first kappa shape index (κ1) is 104. The lowest BCUT2D eigenvalue weighted by atomic mass is 9.99. The van der Waals surface area contributed by atoms with Crippen LogP contribution in [0.2, 0.25) is 0 Å². The molecule has 2 aromatic carbocycles. The fourth-order valence-electron chi connectivity index (χ4n) is 13.2. The molecule has 704 valence electrons. The number of hydrogen-bond acceptors (Lipinski definition) is 28. The van der Waals surface area contributed by atoms with Crippen LogP contribution in [0.4, 0.5) is 0 Å². The van der Waals surface area contributed by atoms with Crippen LogP contribution in [0.25, 0.3) is 0 Å². The van der Waals surface area contributed by atoms with Crippen molar-refractivity contribution < 1.29 is 127 Å². The van der Waals surface area contributed by atoms with E-state index in [2.05, 4.69) is 90.2 Å². The van der Waals surface area contributed by atoms with Gasteiger partial charge in [-0.3, -0.25) is 4.79 Å². The number of amides is 1. The number of nitrogens with zero attached hydrogens (tertiary/aromatic N) is 18. The molecule has 5 heterocycles. The lowest BCUT2D eigenvalue weighted by molar-refractivity contribution is -0.147. The molecule has 128 heavy (non-hydrogen) atoms. The van der Waals surface area contributed by atoms with Gasteiger partial charge in [-0.05, 0) is 76.5 Å². The number of fused-ring (bicyclic) bond motifs is 17. The van der Waals surface area contributed by atoms with Gasteiger partial charge in [-0.1, -0.05) is 102 Å². The molecule has 6 bridgehead atoms. The fourth-order valence-corrected chi connectivity index (χ4v) is 16.4. The molecule has 5 aliphatic heterocycles. The van der Waals surface area contributed by atoms with Gasteiger partial charge < -0.3 is 128 Å². The summed E-state index contributed by atoms with van der Waals surface area (Å²) in [6.07, 6.45) is -4.90. The molecule has 7 rings (SSSR count). The van der Waals surface area contributed by atoms with Crippen molar-refractivity contribution in [2.45, 2.75) is 237 Å². The van der Waals surface area contributed by atoms with Crippen LogP contribution < -0.4 is 11.1 Å². The largest absolute Gasteiger partial charge is 0.495 e. The van der Waals surface area contributed by atoms with Crippen molar-refractivity contribution in [1.29, 1.82) is 0 Å². The van der Waals surface area contributed by atoms with E-state index in [4.69, 9.17) is 5.73 Å². The third kappa shape index (κ3) is 30.4. The zero-order chi connectivity index (χ0) is 94.5. The zero-order valence-corrected chi connectivity index (χ0v) is 73.9. The number of rotatable bonds is 11. The van der Waals surface area contributed by atoms with Gasteiger partial charge in [0.2, 0.25) is 100 Å². The number of aliphatic hydroxyl groups excluding tert-OH is 20. The monoisotopic (exact) mass is 1850 g/mol. The maximum absolute atomic E-state index is 14.5. The molecule has 1 fully saturated rings. The first-order valence-corrected chi connectivity index (χ1v) is 44.3. The summed E-state index contributed by atoms with van der Waals surface area (Å²) < 4.78 is 0. The normalized spacial score (nSPS) is 31.0. The minimum Gasteiger partial charge on any atom is -0.495 e. The highest BCUT2D eigenvalue weighted by Crippen LogP contribution is 2.30. The number of nitrogens with two attached hydrogens (primary N) is 1.